The summed E-state index contributed by atoms with van der Waals surface area (Å²) in [4.78, 5) is 11.1. The molecule has 4 heteroatoms. The van der Waals surface area contributed by atoms with E-state index in [1.165, 1.54) is 0 Å². The summed E-state index contributed by atoms with van der Waals surface area (Å²) in [5.41, 5.74) is 3.16. The molecule has 0 spiro atoms. The molecule has 3 nitrogen and oxygen atoms in total. The molecule has 0 saturated carbocycles. The number of halogens is 1. The quantitative estimate of drug-likeness (QED) is 0.681. The van der Waals surface area contributed by atoms with E-state index in [-0.39, 0.29) is 0 Å². The normalized spacial score (nSPS) is 10.4. The van der Waals surface area contributed by atoms with Crippen LogP contribution in [0.25, 0.3) is 16.8 Å². The van der Waals surface area contributed by atoms with Gasteiger partial charge in [-0.25, -0.2) is 4.68 Å². The third kappa shape index (κ3) is 2.24. The van der Waals surface area contributed by atoms with Gasteiger partial charge in [0.05, 0.1) is 16.9 Å². The van der Waals surface area contributed by atoms with Crippen LogP contribution in [0.15, 0.2) is 60.9 Å². The van der Waals surface area contributed by atoms with E-state index in [0.29, 0.717) is 16.3 Å². The van der Waals surface area contributed by atoms with Crippen LogP contribution in [0.1, 0.15) is 10.4 Å². The second kappa shape index (κ2) is 5.31. The Labute approximate surface area is 121 Å². The molecule has 0 atom stereocenters. The fraction of sp³-hybridized carbons (Fsp3) is 0. The minimum absolute atomic E-state index is 0.498. The van der Waals surface area contributed by atoms with Gasteiger partial charge in [-0.1, -0.05) is 48.0 Å². The summed E-state index contributed by atoms with van der Waals surface area (Å²) in [6.07, 6.45) is 4.40. The van der Waals surface area contributed by atoms with Gasteiger partial charge in [-0.15, -0.1) is 0 Å². The molecule has 0 aliphatic rings. The van der Waals surface area contributed by atoms with Crippen molar-refractivity contribution in [3.8, 4) is 16.8 Å². The van der Waals surface area contributed by atoms with E-state index in [0.717, 1.165) is 17.4 Å². The van der Waals surface area contributed by atoms with Crippen molar-refractivity contribution in [3.05, 3.63) is 71.5 Å². The molecule has 1 heterocycles. The number of para-hydroxylation sites is 1. The Bertz CT molecular complexity index is 750. The summed E-state index contributed by atoms with van der Waals surface area (Å²) in [6, 6.07) is 15.1. The largest absolute Gasteiger partial charge is 0.298 e. The second-order valence-electron chi connectivity index (χ2n) is 4.34. The molecule has 0 fully saturated rings. The van der Waals surface area contributed by atoms with E-state index in [4.69, 9.17) is 11.6 Å². The van der Waals surface area contributed by atoms with Gasteiger partial charge in [0, 0.05) is 17.3 Å². The third-order valence-electron chi connectivity index (χ3n) is 3.06. The lowest BCUT2D eigenvalue weighted by Gasteiger charge is -2.06. The van der Waals surface area contributed by atoms with Gasteiger partial charge in [0.15, 0.2) is 6.29 Å². The van der Waals surface area contributed by atoms with E-state index >= 15 is 0 Å². The molecule has 0 aliphatic heterocycles. The van der Waals surface area contributed by atoms with Gasteiger partial charge in [-0.05, 0) is 17.7 Å². The van der Waals surface area contributed by atoms with Crippen molar-refractivity contribution >= 4 is 17.9 Å². The van der Waals surface area contributed by atoms with Crippen LogP contribution in [-0.4, -0.2) is 16.1 Å². The molecular formula is C16H11ClN2O. The maximum Gasteiger partial charge on any atom is 0.152 e. The van der Waals surface area contributed by atoms with E-state index < -0.39 is 0 Å². The van der Waals surface area contributed by atoms with Gasteiger partial charge in [0.1, 0.15) is 0 Å². The predicted molar refractivity (Wildman–Crippen MR) is 79.4 cm³/mol. The zero-order valence-corrected chi connectivity index (χ0v) is 11.3. The zero-order chi connectivity index (χ0) is 13.9. The Balaban J connectivity index is 2.10. The highest BCUT2D eigenvalue weighted by Gasteiger charge is 2.10. The van der Waals surface area contributed by atoms with Crippen molar-refractivity contribution in [1.82, 2.24) is 9.78 Å². The Morgan fingerprint density at radius 3 is 2.55 bits per heavy atom. The van der Waals surface area contributed by atoms with Gasteiger partial charge in [-0.2, -0.15) is 5.10 Å². The Kier molecular flexibility index (Phi) is 3.35. The van der Waals surface area contributed by atoms with Crippen LogP contribution in [-0.2, 0) is 0 Å². The van der Waals surface area contributed by atoms with Gasteiger partial charge in [0.25, 0.3) is 0 Å². The lowest BCUT2D eigenvalue weighted by Crippen LogP contribution is -2.00. The molecule has 0 radical (unpaired) electrons. The second-order valence-corrected chi connectivity index (χ2v) is 4.74. The summed E-state index contributed by atoms with van der Waals surface area (Å²) in [6.45, 7) is 0. The number of hydrogen-bond acceptors (Lipinski definition) is 2. The third-order valence-corrected chi connectivity index (χ3v) is 3.37. The fourth-order valence-corrected chi connectivity index (χ4v) is 2.36. The van der Waals surface area contributed by atoms with Gasteiger partial charge >= 0.3 is 0 Å². The highest BCUT2D eigenvalue weighted by atomic mass is 35.5. The maximum absolute atomic E-state index is 11.1. The maximum atomic E-state index is 11.1. The molecule has 0 bridgehead atoms. The number of rotatable bonds is 3. The van der Waals surface area contributed by atoms with Crippen LogP contribution in [0.4, 0.5) is 0 Å². The topological polar surface area (TPSA) is 34.9 Å². The molecule has 0 unspecified atom stereocenters. The average Bonchev–Trinajstić information content (AvgIpc) is 2.97. The highest BCUT2D eigenvalue weighted by molar-refractivity contribution is 6.32. The Morgan fingerprint density at radius 2 is 1.80 bits per heavy atom. The van der Waals surface area contributed by atoms with Crippen LogP contribution in [0, 0.1) is 0 Å². The van der Waals surface area contributed by atoms with Crippen molar-refractivity contribution in [3.63, 3.8) is 0 Å². The summed E-state index contributed by atoms with van der Waals surface area (Å²) >= 11 is 6.18. The number of aldehydes is 1. The molecule has 0 amide bonds. The molecule has 0 aliphatic carbocycles. The number of nitrogens with zero attached hydrogens (tertiary/aromatic N) is 2. The monoisotopic (exact) mass is 282 g/mol. The molecule has 2 aromatic carbocycles. The van der Waals surface area contributed by atoms with Crippen molar-refractivity contribution in [2.24, 2.45) is 0 Å². The van der Waals surface area contributed by atoms with Gasteiger partial charge in [-0.3, -0.25) is 4.79 Å². The number of hydrogen-bond donors (Lipinski definition) is 0. The van der Waals surface area contributed by atoms with Crippen molar-refractivity contribution in [2.45, 2.75) is 0 Å². The molecule has 0 N–H and O–H groups in total. The van der Waals surface area contributed by atoms with E-state index in [1.54, 1.807) is 29.1 Å². The first kappa shape index (κ1) is 12.6. The first-order valence-corrected chi connectivity index (χ1v) is 6.51. The van der Waals surface area contributed by atoms with Crippen molar-refractivity contribution < 1.29 is 4.79 Å². The molecule has 98 valence electrons. The molecule has 20 heavy (non-hydrogen) atoms. The Hall–Kier alpha value is -2.39. The molecule has 0 saturated heterocycles. The highest BCUT2D eigenvalue weighted by Crippen LogP contribution is 2.25. The fourth-order valence-electron chi connectivity index (χ4n) is 2.09. The summed E-state index contributed by atoms with van der Waals surface area (Å²) in [7, 11) is 0. The number of carbonyl (C=O) groups is 1. The first-order chi connectivity index (χ1) is 9.79. The summed E-state index contributed by atoms with van der Waals surface area (Å²) in [5, 5.41) is 4.80. The average molecular weight is 283 g/mol. The van der Waals surface area contributed by atoms with E-state index in [2.05, 4.69) is 5.10 Å². The van der Waals surface area contributed by atoms with Crippen LogP contribution in [0.2, 0.25) is 5.02 Å². The molecule has 1 aromatic heterocycles. The molecule has 3 rings (SSSR count). The first-order valence-electron chi connectivity index (χ1n) is 6.14. The smallest absolute Gasteiger partial charge is 0.152 e. The van der Waals surface area contributed by atoms with Gasteiger partial charge in [0.2, 0.25) is 0 Å². The van der Waals surface area contributed by atoms with Crippen LogP contribution in [0.3, 0.4) is 0 Å². The number of benzene rings is 2. The Morgan fingerprint density at radius 1 is 1.00 bits per heavy atom. The number of carbonyl (C=O) groups excluding carboxylic acids is 1. The van der Waals surface area contributed by atoms with Crippen LogP contribution in [0.5, 0.6) is 0 Å². The van der Waals surface area contributed by atoms with Crippen LogP contribution >= 0.6 is 11.6 Å². The van der Waals surface area contributed by atoms with Crippen molar-refractivity contribution in [2.75, 3.05) is 0 Å². The molecule has 3 aromatic rings. The van der Waals surface area contributed by atoms with Gasteiger partial charge < -0.3 is 0 Å². The predicted octanol–water partition coefficient (Wildman–Crippen LogP) is 4.01. The van der Waals surface area contributed by atoms with Crippen LogP contribution < -0.4 is 0 Å². The number of aromatic nitrogens is 2. The lowest BCUT2D eigenvalue weighted by atomic mass is 10.1. The summed E-state index contributed by atoms with van der Waals surface area (Å²) in [5.74, 6) is 0. The lowest BCUT2D eigenvalue weighted by molar-refractivity contribution is 0.112. The standard InChI is InChI=1S/C16H11ClN2O/c17-15-8-4-7-13(11-20)16(15)19-10-14(9-18-19)12-5-2-1-3-6-12/h1-11H. The summed E-state index contributed by atoms with van der Waals surface area (Å²) < 4.78 is 1.63. The molecular weight excluding hydrogens is 272 g/mol. The van der Waals surface area contributed by atoms with E-state index in [9.17, 15) is 4.79 Å². The van der Waals surface area contributed by atoms with Crippen molar-refractivity contribution in [1.29, 1.82) is 0 Å². The zero-order valence-electron chi connectivity index (χ0n) is 10.5. The SMILES string of the molecule is O=Cc1cccc(Cl)c1-n1cc(-c2ccccc2)cn1. The van der Waals surface area contributed by atoms with E-state index in [1.807, 2.05) is 36.5 Å². The minimum atomic E-state index is 0.498. The minimum Gasteiger partial charge on any atom is -0.298 e.